The van der Waals surface area contributed by atoms with Crippen molar-refractivity contribution in [2.75, 3.05) is 33.3 Å². The van der Waals surface area contributed by atoms with E-state index in [2.05, 4.69) is 10.3 Å². The predicted molar refractivity (Wildman–Crippen MR) is 102 cm³/mol. The molecule has 5 nitrogen and oxygen atoms in total. The van der Waals surface area contributed by atoms with Gasteiger partial charge in [0, 0.05) is 20.1 Å². The van der Waals surface area contributed by atoms with Crippen LogP contribution < -0.4 is 10.1 Å². The second-order valence-electron chi connectivity index (χ2n) is 5.88. The molecule has 0 unspecified atom stereocenters. The number of benzene rings is 2. The van der Waals surface area contributed by atoms with Crippen molar-refractivity contribution in [3.05, 3.63) is 59.9 Å². The average Bonchev–Trinajstić information content (AvgIpc) is 2.62. The Morgan fingerprint density at radius 3 is 2.69 bits per heavy atom. The Balaban J connectivity index is 1.83. The fourth-order valence-corrected chi connectivity index (χ4v) is 2.41. The average molecular weight is 359 g/mol. The van der Waals surface area contributed by atoms with Gasteiger partial charge in [0.1, 0.15) is 23.9 Å². The van der Waals surface area contributed by atoms with Gasteiger partial charge in [-0.3, -0.25) is 4.99 Å². The van der Waals surface area contributed by atoms with Gasteiger partial charge in [0.05, 0.1) is 6.54 Å². The molecule has 0 aliphatic carbocycles. The molecular formula is C20H26FN3O2. The molecule has 0 radical (unpaired) electrons. The quantitative estimate of drug-likeness (QED) is 0.562. The maximum absolute atomic E-state index is 12.9. The minimum atomic E-state index is -0.275. The summed E-state index contributed by atoms with van der Waals surface area (Å²) in [5, 5.41) is 12.8. The van der Waals surface area contributed by atoms with Gasteiger partial charge in [0.15, 0.2) is 5.96 Å². The van der Waals surface area contributed by atoms with Gasteiger partial charge in [0.2, 0.25) is 0 Å². The van der Waals surface area contributed by atoms with Crippen molar-refractivity contribution >= 4 is 5.96 Å². The highest BCUT2D eigenvalue weighted by atomic mass is 19.1. The van der Waals surface area contributed by atoms with Crippen LogP contribution in [0.3, 0.4) is 0 Å². The molecule has 2 rings (SSSR count). The Labute approximate surface area is 154 Å². The molecule has 2 N–H and O–H groups in total. The van der Waals surface area contributed by atoms with E-state index in [1.807, 2.05) is 31.0 Å². The van der Waals surface area contributed by atoms with E-state index in [0.717, 1.165) is 24.5 Å². The zero-order valence-corrected chi connectivity index (χ0v) is 15.3. The number of halogens is 1. The zero-order chi connectivity index (χ0) is 18.8. The molecule has 26 heavy (non-hydrogen) atoms. The number of aliphatic imine (C=N–C) groups is 1. The molecule has 0 aliphatic heterocycles. The van der Waals surface area contributed by atoms with E-state index in [4.69, 9.17) is 4.74 Å². The van der Waals surface area contributed by atoms with Crippen LogP contribution in [0.15, 0.2) is 53.5 Å². The molecule has 2 aromatic rings. The zero-order valence-electron chi connectivity index (χ0n) is 15.3. The van der Waals surface area contributed by atoms with Gasteiger partial charge in [-0.15, -0.1) is 0 Å². The molecule has 0 bridgehead atoms. The largest absolute Gasteiger partial charge is 0.508 e. The molecule has 0 aromatic heterocycles. The summed E-state index contributed by atoms with van der Waals surface area (Å²) in [5.41, 5.74) is 1.05. The van der Waals surface area contributed by atoms with E-state index in [-0.39, 0.29) is 11.6 Å². The van der Waals surface area contributed by atoms with Crippen LogP contribution >= 0.6 is 0 Å². The number of hydrogen-bond acceptors (Lipinski definition) is 3. The Kier molecular flexibility index (Phi) is 7.74. The SMILES string of the molecule is CCNC(=NCCc1cccc(O)c1)N(C)CCOc1ccc(F)cc1. The topological polar surface area (TPSA) is 57.1 Å². The number of nitrogens with one attached hydrogen (secondary N) is 1. The van der Waals surface area contributed by atoms with Crippen molar-refractivity contribution in [2.45, 2.75) is 13.3 Å². The predicted octanol–water partition coefficient (Wildman–Crippen LogP) is 3.05. The molecule has 0 fully saturated rings. The van der Waals surface area contributed by atoms with Crippen molar-refractivity contribution in [1.29, 1.82) is 0 Å². The van der Waals surface area contributed by atoms with E-state index >= 15 is 0 Å². The van der Waals surface area contributed by atoms with Crippen molar-refractivity contribution < 1.29 is 14.2 Å². The Hall–Kier alpha value is -2.76. The van der Waals surface area contributed by atoms with Crippen molar-refractivity contribution in [2.24, 2.45) is 4.99 Å². The highest BCUT2D eigenvalue weighted by molar-refractivity contribution is 5.79. The number of aromatic hydroxyl groups is 1. The summed E-state index contributed by atoms with van der Waals surface area (Å²) in [6, 6.07) is 13.2. The first-order valence-electron chi connectivity index (χ1n) is 8.74. The van der Waals surface area contributed by atoms with Gasteiger partial charge in [0.25, 0.3) is 0 Å². The Bertz CT molecular complexity index is 704. The van der Waals surface area contributed by atoms with Gasteiger partial charge in [-0.1, -0.05) is 12.1 Å². The number of nitrogens with zero attached hydrogens (tertiary/aromatic N) is 2. The third kappa shape index (κ3) is 6.63. The fourth-order valence-electron chi connectivity index (χ4n) is 2.41. The smallest absolute Gasteiger partial charge is 0.193 e. The normalized spacial score (nSPS) is 11.3. The van der Waals surface area contributed by atoms with Crippen molar-refractivity contribution in [3.8, 4) is 11.5 Å². The van der Waals surface area contributed by atoms with E-state index < -0.39 is 0 Å². The maximum atomic E-state index is 12.9. The van der Waals surface area contributed by atoms with Crippen molar-refractivity contribution in [3.63, 3.8) is 0 Å². The minimum absolute atomic E-state index is 0.272. The standard InChI is InChI=1S/C20H26FN3O2/c1-3-22-20(23-12-11-16-5-4-6-18(25)15-16)24(2)13-14-26-19-9-7-17(21)8-10-19/h4-10,15,25H,3,11-14H2,1-2H3,(H,22,23). The fraction of sp³-hybridized carbons (Fsp3) is 0.350. The number of phenolic OH excluding ortho intramolecular Hbond substituents is 1. The van der Waals surface area contributed by atoms with Crippen LogP contribution in [0.25, 0.3) is 0 Å². The number of rotatable bonds is 8. The molecule has 2 aromatic carbocycles. The van der Waals surface area contributed by atoms with Crippen LogP contribution in [0.4, 0.5) is 4.39 Å². The summed E-state index contributed by atoms with van der Waals surface area (Å²) in [6.07, 6.45) is 0.753. The molecule has 0 aliphatic rings. The second kappa shape index (κ2) is 10.3. The monoisotopic (exact) mass is 359 g/mol. The van der Waals surface area contributed by atoms with Crippen LogP contribution in [-0.2, 0) is 6.42 Å². The molecule has 0 amide bonds. The lowest BCUT2D eigenvalue weighted by Gasteiger charge is -2.22. The van der Waals surface area contributed by atoms with Gasteiger partial charge < -0.3 is 20.1 Å². The summed E-state index contributed by atoms with van der Waals surface area (Å²) in [6.45, 7) is 4.53. The third-order valence-corrected chi connectivity index (χ3v) is 3.78. The second-order valence-corrected chi connectivity index (χ2v) is 5.88. The van der Waals surface area contributed by atoms with Gasteiger partial charge in [-0.25, -0.2) is 4.39 Å². The lowest BCUT2D eigenvalue weighted by atomic mass is 10.1. The number of likely N-dealkylation sites (N-methyl/N-ethyl adjacent to an activating group) is 1. The van der Waals surface area contributed by atoms with Gasteiger partial charge in [-0.05, 0) is 55.3 Å². The van der Waals surface area contributed by atoms with E-state index in [0.29, 0.717) is 25.4 Å². The molecule has 0 atom stereocenters. The molecule has 0 heterocycles. The van der Waals surface area contributed by atoms with Crippen LogP contribution in [0.1, 0.15) is 12.5 Å². The molecule has 0 saturated carbocycles. The van der Waals surface area contributed by atoms with E-state index in [1.54, 1.807) is 24.3 Å². The highest BCUT2D eigenvalue weighted by Crippen LogP contribution is 2.12. The van der Waals surface area contributed by atoms with E-state index in [1.165, 1.54) is 12.1 Å². The lowest BCUT2D eigenvalue weighted by Crippen LogP contribution is -2.41. The van der Waals surface area contributed by atoms with Crippen LogP contribution in [0, 0.1) is 5.82 Å². The molecule has 0 saturated heterocycles. The van der Waals surface area contributed by atoms with Crippen molar-refractivity contribution in [1.82, 2.24) is 10.2 Å². The summed E-state index contributed by atoms with van der Waals surface area (Å²) in [7, 11) is 1.95. The maximum Gasteiger partial charge on any atom is 0.193 e. The van der Waals surface area contributed by atoms with Crippen LogP contribution in [0.5, 0.6) is 11.5 Å². The van der Waals surface area contributed by atoms with Gasteiger partial charge in [-0.2, -0.15) is 0 Å². The first-order chi connectivity index (χ1) is 12.6. The number of guanidine groups is 1. The third-order valence-electron chi connectivity index (χ3n) is 3.78. The Morgan fingerprint density at radius 2 is 2.00 bits per heavy atom. The summed E-state index contributed by atoms with van der Waals surface area (Å²) in [5.74, 6) is 1.44. The lowest BCUT2D eigenvalue weighted by molar-refractivity contribution is 0.281. The van der Waals surface area contributed by atoms with Crippen LogP contribution in [-0.4, -0.2) is 49.3 Å². The number of phenols is 1. The number of hydrogen-bond donors (Lipinski definition) is 2. The minimum Gasteiger partial charge on any atom is -0.508 e. The van der Waals surface area contributed by atoms with Gasteiger partial charge >= 0.3 is 0 Å². The molecular weight excluding hydrogens is 333 g/mol. The summed E-state index contributed by atoms with van der Waals surface area (Å²) < 4.78 is 18.5. The first kappa shape index (κ1) is 19.6. The molecule has 6 heteroatoms. The first-order valence-corrected chi connectivity index (χ1v) is 8.74. The van der Waals surface area contributed by atoms with E-state index in [9.17, 15) is 9.50 Å². The summed E-state index contributed by atoms with van der Waals surface area (Å²) in [4.78, 5) is 6.62. The number of ether oxygens (including phenoxy) is 1. The summed E-state index contributed by atoms with van der Waals surface area (Å²) >= 11 is 0. The highest BCUT2D eigenvalue weighted by Gasteiger charge is 2.06. The molecule has 140 valence electrons. The van der Waals surface area contributed by atoms with Crippen LogP contribution in [0.2, 0.25) is 0 Å². The molecule has 0 spiro atoms. The Morgan fingerprint density at radius 1 is 1.23 bits per heavy atom.